The van der Waals surface area contributed by atoms with E-state index in [0.717, 1.165) is 44.3 Å². The summed E-state index contributed by atoms with van der Waals surface area (Å²) in [6, 6.07) is 0. The smallest absolute Gasteiger partial charge is 0.303 e. The monoisotopic (exact) mass is 459 g/mol. The van der Waals surface area contributed by atoms with Crippen LogP contribution in [0.25, 0.3) is 0 Å². The zero-order valence-electron chi connectivity index (χ0n) is 21.2. The maximum Gasteiger partial charge on any atom is 0.303 e. The molecular formula is C28H45NO4. The van der Waals surface area contributed by atoms with Crippen molar-refractivity contribution in [1.29, 1.82) is 0 Å². The number of hydrogen-bond acceptors (Lipinski definition) is 4. The molecule has 1 amide bonds. The van der Waals surface area contributed by atoms with Crippen LogP contribution in [0.15, 0.2) is 11.6 Å². The zero-order chi connectivity index (χ0) is 23.8. The number of esters is 1. The Morgan fingerprint density at radius 1 is 1.15 bits per heavy atom. The Morgan fingerprint density at radius 2 is 1.85 bits per heavy atom. The number of nitrogens with zero attached hydrogens (tertiary/aromatic N) is 1. The van der Waals surface area contributed by atoms with Crippen LogP contribution in [-0.4, -0.2) is 46.7 Å². The molecule has 1 N–H and O–H groups in total. The number of amides is 1. The molecule has 0 spiro atoms. The molecule has 3 saturated carbocycles. The highest BCUT2D eigenvalue weighted by Gasteiger charge is 2.53. The summed E-state index contributed by atoms with van der Waals surface area (Å²) in [6.45, 7) is 9.62. The van der Waals surface area contributed by atoms with Gasteiger partial charge in [0.15, 0.2) is 0 Å². The summed E-state index contributed by atoms with van der Waals surface area (Å²) in [7, 11) is 0. The van der Waals surface area contributed by atoms with Gasteiger partial charge in [0.25, 0.3) is 0 Å². The molecule has 0 aliphatic heterocycles. The van der Waals surface area contributed by atoms with E-state index in [4.69, 9.17) is 4.74 Å². The van der Waals surface area contributed by atoms with Gasteiger partial charge < -0.3 is 14.7 Å². The van der Waals surface area contributed by atoms with Crippen molar-refractivity contribution in [3.8, 4) is 0 Å². The lowest BCUT2D eigenvalue weighted by atomic mass is 9.57. The predicted octanol–water partition coefficient (Wildman–Crippen LogP) is 5.12. The Hall–Kier alpha value is -1.36. The van der Waals surface area contributed by atoms with Crippen molar-refractivity contribution < 1.29 is 19.4 Å². The molecule has 5 heteroatoms. The van der Waals surface area contributed by atoms with Crippen LogP contribution in [0.5, 0.6) is 0 Å². The molecule has 3 fully saturated rings. The number of ether oxygens (including phenoxy) is 1. The fraction of sp³-hybridized carbons (Fsp3) is 0.857. The highest BCUT2D eigenvalue weighted by atomic mass is 16.5. The van der Waals surface area contributed by atoms with E-state index in [-0.39, 0.29) is 29.8 Å². The van der Waals surface area contributed by atoms with E-state index < -0.39 is 5.60 Å². The molecule has 0 radical (unpaired) electrons. The van der Waals surface area contributed by atoms with Crippen molar-refractivity contribution in [2.45, 2.75) is 104 Å². The highest BCUT2D eigenvalue weighted by molar-refractivity contribution is 5.81. The molecule has 0 saturated heterocycles. The van der Waals surface area contributed by atoms with Crippen LogP contribution < -0.4 is 0 Å². The molecule has 4 aliphatic rings. The second-order valence-electron chi connectivity index (χ2n) is 11.9. The van der Waals surface area contributed by atoms with E-state index in [2.05, 4.69) is 24.8 Å². The van der Waals surface area contributed by atoms with E-state index in [0.29, 0.717) is 30.1 Å². The topological polar surface area (TPSA) is 66.8 Å². The SMILES string of the molecule is CC(=O)O[C@@H]1C[C@@]2(O)[C@H](C)CC[C@@H]([C@H](C)CN(CC3CCCCC3)C(=O)C3CC3)[C@H]2C=C1C. The van der Waals surface area contributed by atoms with Gasteiger partial charge in [-0.25, -0.2) is 0 Å². The summed E-state index contributed by atoms with van der Waals surface area (Å²) in [5, 5.41) is 11.9. The van der Waals surface area contributed by atoms with Gasteiger partial charge in [0.05, 0.1) is 5.60 Å². The Kier molecular flexibility index (Phi) is 7.57. The Bertz CT molecular complexity index is 753. The number of carbonyl (C=O) groups is 2. The quantitative estimate of drug-likeness (QED) is 0.424. The summed E-state index contributed by atoms with van der Waals surface area (Å²) >= 11 is 0. The lowest BCUT2D eigenvalue weighted by molar-refractivity contribution is -0.159. The number of hydrogen-bond donors (Lipinski definition) is 1. The van der Waals surface area contributed by atoms with Crippen LogP contribution in [0.2, 0.25) is 0 Å². The predicted molar refractivity (Wildman–Crippen MR) is 129 cm³/mol. The van der Waals surface area contributed by atoms with Gasteiger partial charge in [0.2, 0.25) is 5.91 Å². The van der Waals surface area contributed by atoms with Crippen LogP contribution in [-0.2, 0) is 14.3 Å². The minimum Gasteiger partial charge on any atom is -0.458 e. The van der Waals surface area contributed by atoms with Crippen molar-refractivity contribution >= 4 is 11.9 Å². The number of aliphatic hydroxyl groups is 1. The van der Waals surface area contributed by atoms with Gasteiger partial charge in [-0.05, 0) is 74.7 Å². The summed E-state index contributed by atoms with van der Waals surface area (Å²) in [5.74, 6) is 1.87. The Labute approximate surface area is 200 Å². The second-order valence-corrected chi connectivity index (χ2v) is 11.9. The molecule has 0 aromatic carbocycles. The average molecular weight is 460 g/mol. The first-order valence-corrected chi connectivity index (χ1v) is 13.6. The minimum absolute atomic E-state index is 0.0515. The van der Waals surface area contributed by atoms with Crippen molar-refractivity contribution in [2.75, 3.05) is 13.1 Å². The molecule has 33 heavy (non-hydrogen) atoms. The maximum atomic E-state index is 13.2. The molecule has 4 rings (SSSR count). The molecule has 186 valence electrons. The molecule has 0 heterocycles. The van der Waals surface area contributed by atoms with E-state index in [1.807, 2.05) is 6.92 Å². The standard InChI is InChI=1S/C28H45NO4/c1-18-14-25-24(13-10-20(3)28(25,32)15-26(18)33-21(4)30)19(2)16-29(27(31)23-11-12-23)17-22-8-6-5-7-9-22/h14,19-20,22-26,32H,5-13,15-17H2,1-4H3/t19-,20-,24+,25-,26-,28-/m1/s1. The van der Waals surface area contributed by atoms with Crippen LogP contribution in [0.4, 0.5) is 0 Å². The molecule has 0 aromatic rings. The third-order valence-electron chi connectivity index (χ3n) is 9.28. The largest absolute Gasteiger partial charge is 0.458 e. The lowest BCUT2D eigenvalue weighted by Gasteiger charge is -2.53. The second kappa shape index (κ2) is 10.1. The fourth-order valence-corrected chi connectivity index (χ4v) is 7.01. The third-order valence-corrected chi connectivity index (χ3v) is 9.28. The van der Waals surface area contributed by atoms with Crippen molar-refractivity contribution in [3.63, 3.8) is 0 Å². The van der Waals surface area contributed by atoms with Gasteiger partial charge in [0.1, 0.15) is 6.10 Å². The van der Waals surface area contributed by atoms with Crippen LogP contribution in [0.1, 0.15) is 91.9 Å². The molecule has 6 atom stereocenters. The molecule has 0 aromatic heterocycles. The Balaban J connectivity index is 1.50. The summed E-state index contributed by atoms with van der Waals surface area (Å²) < 4.78 is 5.56. The van der Waals surface area contributed by atoms with E-state index >= 15 is 0 Å². The van der Waals surface area contributed by atoms with Crippen molar-refractivity contribution in [3.05, 3.63) is 11.6 Å². The zero-order valence-corrected chi connectivity index (χ0v) is 21.2. The average Bonchev–Trinajstić information content (AvgIpc) is 3.61. The van der Waals surface area contributed by atoms with E-state index in [1.165, 1.54) is 39.0 Å². The summed E-state index contributed by atoms with van der Waals surface area (Å²) in [5.41, 5.74) is 0.199. The van der Waals surface area contributed by atoms with Crippen LogP contribution in [0.3, 0.4) is 0 Å². The van der Waals surface area contributed by atoms with Gasteiger partial charge in [-0.2, -0.15) is 0 Å². The highest BCUT2D eigenvalue weighted by Crippen LogP contribution is 2.51. The molecule has 0 unspecified atom stereocenters. The lowest BCUT2D eigenvalue weighted by Crippen LogP contribution is -2.56. The van der Waals surface area contributed by atoms with Gasteiger partial charge in [-0.15, -0.1) is 0 Å². The first-order chi connectivity index (χ1) is 15.7. The molecule has 0 bridgehead atoms. The van der Waals surface area contributed by atoms with Crippen molar-refractivity contribution in [2.24, 2.45) is 35.5 Å². The van der Waals surface area contributed by atoms with Crippen LogP contribution in [0, 0.1) is 35.5 Å². The first kappa shape index (κ1) is 24.8. The molecule has 4 aliphatic carbocycles. The van der Waals surface area contributed by atoms with Gasteiger partial charge in [-0.1, -0.05) is 39.2 Å². The van der Waals surface area contributed by atoms with Gasteiger partial charge in [-0.3, -0.25) is 9.59 Å². The van der Waals surface area contributed by atoms with Crippen molar-refractivity contribution in [1.82, 2.24) is 4.90 Å². The summed E-state index contributed by atoms with van der Waals surface area (Å²) in [4.78, 5) is 27.0. The number of rotatable bonds is 7. The fourth-order valence-electron chi connectivity index (χ4n) is 7.01. The number of carbonyl (C=O) groups excluding carboxylic acids is 2. The minimum atomic E-state index is -0.856. The van der Waals surface area contributed by atoms with Crippen LogP contribution >= 0.6 is 0 Å². The van der Waals surface area contributed by atoms with Gasteiger partial charge in [0, 0.05) is 38.3 Å². The Morgan fingerprint density at radius 3 is 2.48 bits per heavy atom. The normalized spacial score (nSPS) is 35.8. The van der Waals surface area contributed by atoms with Gasteiger partial charge >= 0.3 is 5.97 Å². The third kappa shape index (κ3) is 5.49. The summed E-state index contributed by atoms with van der Waals surface area (Å²) in [6.07, 6.45) is 12.9. The first-order valence-electron chi connectivity index (χ1n) is 13.6. The molecular weight excluding hydrogens is 414 g/mol. The maximum absolute atomic E-state index is 13.2. The van der Waals surface area contributed by atoms with E-state index in [9.17, 15) is 14.7 Å². The van der Waals surface area contributed by atoms with E-state index in [1.54, 1.807) is 0 Å². The number of fused-ring (bicyclic) bond motifs is 1. The molecule has 5 nitrogen and oxygen atoms in total.